The Balaban J connectivity index is 1.84. The van der Waals surface area contributed by atoms with E-state index < -0.39 is 5.97 Å². The lowest BCUT2D eigenvalue weighted by molar-refractivity contribution is 0.0695. The second-order valence-corrected chi connectivity index (χ2v) is 4.37. The normalized spacial score (nSPS) is 15.0. The van der Waals surface area contributed by atoms with E-state index in [0.717, 1.165) is 18.0 Å². The van der Waals surface area contributed by atoms with E-state index in [1.54, 1.807) is 12.1 Å². The first-order valence-electron chi connectivity index (χ1n) is 5.79. The molecule has 0 amide bonds. The average molecular weight is 219 g/mol. The van der Waals surface area contributed by atoms with Crippen molar-refractivity contribution in [2.75, 3.05) is 6.54 Å². The van der Waals surface area contributed by atoms with Crippen molar-refractivity contribution in [1.29, 1.82) is 0 Å². The predicted molar refractivity (Wildman–Crippen MR) is 62.4 cm³/mol. The number of hydrogen-bond acceptors (Lipinski definition) is 2. The Morgan fingerprint density at radius 3 is 2.81 bits per heavy atom. The van der Waals surface area contributed by atoms with Crippen molar-refractivity contribution in [3.63, 3.8) is 0 Å². The van der Waals surface area contributed by atoms with E-state index in [2.05, 4.69) is 5.32 Å². The summed E-state index contributed by atoms with van der Waals surface area (Å²) in [7, 11) is 0. The molecule has 0 bridgehead atoms. The van der Waals surface area contributed by atoms with Gasteiger partial charge in [0.25, 0.3) is 0 Å². The molecule has 0 heterocycles. The third-order valence-corrected chi connectivity index (χ3v) is 2.99. The van der Waals surface area contributed by atoms with E-state index in [1.165, 1.54) is 19.3 Å². The molecule has 1 aromatic rings. The van der Waals surface area contributed by atoms with Crippen molar-refractivity contribution < 1.29 is 9.90 Å². The van der Waals surface area contributed by atoms with Crippen LogP contribution >= 0.6 is 0 Å². The molecule has 0 unspecified atom stereocenters. The number of carboxylic acid groups (broad SMARTS) is 1. The second-order valence-electron chi connectivity index (χ2n) is 4.37. The standard InChI is InChI=1S/C13H17NO2/c15-13(16)12-4-2-1-3-11(12)9-14-8-7-10-5-6-10/h1-4,10,14H,5-9H2,(H,15,16). The molecule has 1 aliphatic carbocycles. The van der Waals surface area contributed by atoms with E-state index in [4.69, 9.17) is 5.11 Å². The van der Waals surface area contributed by atoms with Crippen molar-refractivity contribution in [3.05, 3.63) is 35.4 Å². The summed E-state index contributed by atoms with van der Waals surface area (Å²) in [6.45, 7) is 1.63. The Morgan fingerprint density at radius 1 is 1.38 bits per heavy atom. The molecule has 3 nitrogen and oxygen atoms in total. The summed E-state index contributed by atoms with van der Waals surface area (Å²) in [5.41, 5.74) is 1.27. The summed E-state index contributed by atoms with van der Waals surface area (Å²) in [5, 5.41) is 12.3. The zero-order valence-electron chi connectivity index (χ0n) is 9.28. The molecule has 2 N–H and O–H groups in total. The van der Waals surface area contributed by atoms with Gasteiger partial charge >= 0.3 is 5.97 Å². The van der Waals surface area contributed by atoms with Gasteiger partial charge in [-0.05, 0) is 30.5 Å². The van der Waals surface area contributed by atoms with Gasteiger partial charge in [0.1, 0.15) is 0 Å². The van der Waals surface area contributed by atoms with E-state index >= 15 is 0 Å². The third kappa shape index (κ3) is 3.07. The molecule has 3 heteroatoms. The molecule has 86 valence electrons. The van der Waals surface area contributed by atoms with Gasteiger partial charge in [0.05, 0.1) is 5.56 Å². The van der Waals surface area contributed by atoms with Gasteiger partial charge in [-0.1, -0.05) is 31.0 Å². The molecule has 0 spiro atoms. The molecule has 0 aliphatic heterocycles. The lowest BCUT2D eigenvalue weighted by atomic mass is 10.1. The maximum absolute atomic E-state index is 10.9. The Morgan fingerprint density at radius 2 is 2.12 bits per heavy atom. The molecule has 16 heavy (non-hydrogen) atoms. The molecular weight excluding hydrogens is 202 g/mol. The zero-order chi connectivity index (χ0) is 11.4. The van der Waals surface area contributed by atoms with Crippen LogP contribution in [0, 0.1) is 5.92 Å². The molecule has 1 aliphatic rings. The van der Waals surface area contributed by atoms with Crippen LogP contribution in [0.2, 0.25) is 0 Å². The smallest absolute Gasteiger partial charge is 0.336 e. The maximum Gasteiger partial charge on any atom is 0.336 e. The van der Waals surface area contributed by atoms with Crippen LogP contribution in [0.5, 0.6) is 0 Å². The van der Waals surface area contributed by atoms with Crippen LogP contribution in [0.3, 0.4) is 0 Å². The van der Waals surface area contributed by atoms with Gasteiger partial charge in [0, 0.05) is 6.54 Å². The highest BCUT2D eigenvalue weighted by Gasteiger charge is 2.20. The highest BCUT2D eigenvalue weighted by molar-refractivity contribution is 5.89. The summed E-state index contributed by atoms with van der Waals surface area (Å²) < 4.78 is 0. The summed E-state index contributed by atoms with van der Waals surface area (Å²) in [4.78, 5) is 10.9. The van der Waals surface area contributed by atoms with Crippen molar-refractivity contribution in [3.8, 4) is 0 Å². The maximum atomic E-state index is 10.9. The first-order valence-corrected chi connectivity index (χ1v) is 5.79. The molecule has 2 rings (SSSR count). The molecule has 0 atom stereocenters. The SMILES string of the molecule is O=C(O)c1ccccc1CNCCC1CC1. The average Bonchev–Trinajstić information content (AvgIpc) is 3.08. The molecular formula is C13H17NO2. The van der Waals surface area contributed by atoms with Crippen molar-refractivity contribution in [2.24, 2.45) is 5.92 Å². The van der Waals surface area contributed by atoms with Gasteiger partial charge in [0.2, 0.25) is 0 Å². The molecule has 1 aromatic carbocycles. The van der Waals surface area contributed by atoms with Crippen LogP contribution < -0.4 is 5.32 Å². The Labute approximate surface area is 95.5 Å². The summed E-state index contributed by atoms with van der Waals surface area (Å²) in [6, 6.07) is 7.16. The predicted octanol–water partition coefficient (Wildman–Crippen LogP) is 2.27. The fourth-order valence-electron chi connectivity index (χ4n) is 1.82. The van der Waals surface area contributed by atoms with E-state index in [-0.39, 0.29) is 0 Å². The topological polar surface area (TPSA) is 49.3 Å². The summed E-state index contributed by atoms with van der Waals surface area (Å²) in [5.74, 6) is 0.0711. The molecule has 0 radical (unpaired) electrons. The van der Waals surface area contributed by atoms with E-state index in [1.807, 2.05) is 12.1 Å². The number of nitrogens with one attached hydrogen (secondary N) is 1. The van der Waals surface area contributed by atoms with Crippen LogP contribution in [0.4, 0.5) is 0 Å². The zero-order valence-corrected chi connectivity index (χ0v) is 9.28. The largest absolute Gasteiger partial charge is 0.478 e. The molecule has 1 fully saturated rings. The monoisotopic (exact) mass is 219 g/mol. The van der Waals surface area contributed by atoms with Crippen molar-refractivity contribution in [1.82, 2.24) is 5.32 Å². The van der Waals surface area contributed by atoms with Gasteiger partial charge < -0.3 is 10.4 Å². The van der Waals surface area contributed by atoms with Gasteiger partial charge in [0.15, 0.2) is 0 Å². The highest BCUT2D eigenvalue weighted by atomic mass is 16.4. The van der Waals surface area contributed by atoms with Crippen LogP contribution in [-0.4, -0.2) is 17.6 Å². The third-order valence-electron chi connectivity index (χ3n) is 2.99. The summed E-state index contributed by atoms with van der Waals surface area (Å²) in [6.07, 6.45) is 3.95. The number of carboxylic acids is 1. The number of aromatic carboxylic acids is 1. The second kappa shape index (κ2) is 5.12. The minimum atomic E-state index is -0.848. The number of carbonyl (C=O) groups is 1. The van der Waals surface area contributed by atoms with Gasteiger partial charge in [-0.25, -0.2) is 4.79 Å². The first kappa shape index (κ1) is 11.1. The Bertz CT molecular complexity index is 372. The number of rotatable bonds is 6. The molecule has 0 saturated heterocycles. The van der Waals surface area contributed by atoms with Crippen LogP contribution in [0.1, 0.15) is 35.2 Å². The Kier molecular flexibility index (Phi) is 3.57. The van der Waals surface area contributed by atoms with Gasteiger partial charge in [-0.2, -0.15) is 0 Å². The van der Waals surface area contributed by atoms with Crippen LogP contribution in [-0.2, 0) is 6.54 Å². The van der Waals surface area contributed by atoms with Crippen LogP contribution in [0.15, 0.2) is 24.3 Å². The van der Waals surface area contributed by atoms with Crippen molar-refractivity contribution in [2.45, 2.75) is 25.8 Å². The van der Waals surface area contributed by atoms with Gasteiger partial charge in [-0.15, -0.1) is 0 Å². The minimum Gasteiger partial charge on any atom is -0.478 e. The fraction of sp³-hybridized carbons (Fsp3) is 0.462. The lowest BCUT2D eigenvalue weighted by Gasteiger charge is -2.07. The Hall–Kier alpha value is -1.35. The molecule has 1 saturated carbocycles. The minimum absolute atomic E-state index is 0.404. The van der Waals surface area contributed by atoms with Crippen molar-refractivity contribution >= 4 is 5.97 Å². The van der Waals surface area contributed by atoms with E-state index in [0.29, 0.717) is 12.1 Å². The van der Waals surface area contributed by atoms with Crippen LogP contribution in [0.25, 0.3) is 0 Å². The first-order chi connectivity index (χ1) is 7.77. The highest BCUT2D eigenvalue weighted by Crippen LogP contribution is 2.31. The number of benzene rings is 1. The quantitative estimate of drug-likeness (QED) is 0.722. The van der Waals surface area contributed by atoms with Gasteiger partial charge in [-0.3, -0.25) is 0 Å². The summed E-state index contributed by atoms with van der Waals surface area (Å²) >= 11 is 0. The fourth-order valence-corrected chi connectivity index (χ4v) is 1.82. The number of hydrogen-bond donors (Lipinski definition) is 2. The molecule has 0 aromatic heterocycles. The lowest BCUT2D eigenvalue weighted by Crippen LogP contribution is -2.17. The van der Waals surface area contributed by atoms with E-state index in [9.17, 15) is 4.79 Å².